The Balaban J connectivity index is 1.99. The van der Waals surface area contributed by atoms with Gasteiger partial charge in [0.15, 0.2) is 11.6 Å². The highest BCUT2D eigenvalue weighted by Gasteiger charge is 2.56. The monoisotopic (exact) mass is 647 g/mol. The normalized spacial score (nSPS) is 15.9. The first kappa shape index (κ1) is 33.4. The Labute approximate surface area is 256 Å². The van der Waals surface area contributed by atoms with Crippen LogP contribution in [0.25, 0.3) is 0 Å². The summed E-state index contributed by atoms with van der Waals surface area (Å²) in [5.74, 6) is -4.49. The van der Waals surface area contributed by atoms with E-state index in [4.69, 9.17) is 44.3 Å². The van der Waals surface area contributed by atoms with E-state index < -0.39 is 74.0 Å². The molecule has 0 saturated heterocycles. The van der Waals surface area contributed by atoms with Gasteiger partial charge in [-0.05, 0) is 79.2 Å². The van der Waals surface area contributed by atoms with Gasteiger partial charge in [0, 0.05) is 11.3 Å². The Morgan fingerprint density at radius 2 is 1.45 bits per heavy atom. The second-order valence-electron chi connectivity index (χ2n) is 11.6. The Morgan fingerprint density at radius 1 is 0.929 bits per heavy atom. The largest absolute Gasteiger partial charge is 0.443 e. The lowest BCUT2D eigenvalue weighted by molar-refractivity contribution is -0.117. The summed E-state index contributed by atoms with van der Waals surface area (Å²) in [6.07, 6.45) is -2.32. The number of carbonyl (C=O) groups excluding carboxylic acids is 4. The van der Waals surface area contributed by atoms with Crippen molar-refractivity contribution in [2.45, 2.75) is 70.4 Å². The van der Waals surface area contributed by atoms with Gasteiger partial charge >= 0.3 is 12.2 Å². The Bertz CT molecular complexity index is 1430. The fraction of sp³-hybridized carbons (Fsp3) is 0.429. The predicted octanol–water partition coefficient (Wildman–Crippen LogP) is 7.99. The Morgan fingerprint density at radius 3 is 1.93 bits per heavy atom. The summed E-state index contributed by atoms with van der Waals surface area (Å²) in [5, 5.41) is 4.81. The third-order valence-corrected chi connectivity index (χ3v) is 6.83. The maximum Gasteiger partial charge on any atom is 0.424 e. The molecule has 3 rings (SSSR count). The number of hydrogen-bond acceptors (Lipinski definition) is 6. The van der Waals surface area contributed by atoms with Crippen LogP contribution in [0.3, 0.4) is 0 Å². The standard InChI is InChI=1S/C28H30Cl3F2N3O6/c1-13-20(32)18(11-19(21(13)33)36(24(39)41-26(2,3)4)25(40)42-27(5,6)7)35-22(37)15-10-14(8-9-17(15)29)34-23(38)16-12-28(16,30)31/h8-11,16H,12H2,1-7H3,(H,34,38)(H,35,37). The van der Waals surface area contributed by atoms with Crippen molar-refractivity contribution in [3.63, 3.8) is 0 Å². The van der Waals surface area contributed by atoms with Crippen LogP contribution < -0.4 is 15.5 Å². The van der Waals surface area contributed by atoms with Gasteiger partial charge in [-0.25, -0.2) is 18.4 Å². The van der Waals surface area contributed by atoms with Gasteiger partial charge < -0.3 is 20.1 Å². The number of ether oxygens (including phenoxy) is 2. The van der Waals surface area contributed by atoms with E-state index in [0.717, 1.165) is 13.0 Å². The van der Waals surface area contributed by atoms with Crippen LogP contribution in [0.1, 0.15) is 63.9 Å². The summed E-state index contributed by atoms with van der Waals surface area (Å²) < 4.78 is 40.0. The van der Waals surface area contributed by atoms with E-state index in [1.165, 1.54) is 59.7 Å². The number of imide groups is 1. The number of halogens is 5. The van der Waals surface area contributed by atoms with Gasteiger partial charge in [-0.1, -0.05) is 11.6 Å². The summed E-state index contributed by atoms with van der Waals surface area (Å²) in [4.78, 5) is 51.9. The number of carbonyl (C=O) groups is 4. The van der Waals surface area contributed by atoms with Crippen molar-refractivity contribution in [3.05, 3.63) is 52.0 Å². The molecule has 1 unspecified atom stereocenters. The second-order valence-corrected chi connectivity index (χ2v) is 13.6. The summed E-state index contributed by atoms with van der Waals surface area (Å²) in [6.45, 7) is 10.2. The molecule has 4 amide bonds. The number of alkyl halides is 2. The third-order valence-electron chi connectivity index (χ3n) is 5.66. The van der Waals surface area contributed by atoms with Crippen LogP contribution in [0.2, 0.25) is 5.02 Å². The highest BCUT2D eigenvalue weighted by atomic mass is 35.5. The fourth-order valence-electron chi connectivity index (χ4n) is 3.59. The van der Waals surface area contributed by atoms with Gasteiger partial charge in [0.05, 0.1) is 27.9 Å². The lowest BCUT2D eigenvalue weighted by Crippen LogP contribution is -2.44. The van der Waals surface area contributed by atoms with Crippen molar-refractivity contribution in [1.29, 1.82) is 0 Å². The number of benzene rings is 2. The quantitative estimate of drug-likeness (QED) is 0.318. The minimum atomic E-state index is -1.29. The molecule has 9 nitrogen and oxygen atoms in total. The molecule has 2 aromatic carbocycles. The molecular formula is C28H30Cl3F2N3O6. The van der Waals surface area contributed by atoms with Crippen LogP contribution in [-0.2, 0) is 14.3 Å². The molecule has 0 spiro atoms. The molecule has 0 heterocycles. The topological polar surface area (TPSA) is 114 Å². The third kappa shape index (κ3) is 8.02. The highest BCUT2D eigenvalue weighted by Crippen LogP contribution is 2.53. The van der Waals surface area contributed by atoms with Crippen LogP contribution in [0.4, 0.5) is 35.4 Å². The summed E-state index contributed by atoms with van der Waals surface area (Å²) in [5.41, 5.74) is -4.09. The number of anilines is 3. The lowest BCUT2D eigenvalue weighted by Gasteiger charge is -2.29. The maximum atomic E-state index is 15.4. The first-order valence-corrected chi connectivity index (χ1v) is 13.8. The van der Waals surface area contributed by atoms with E-state index >= 15 is 8.78 Å². The zero-order valence-corrected chi connectivity index (χ0v) is 26.1. The number of hydrogen-bond donors (Lipinski definition) is 2. The second kappa shape index (κ2) is 11.9. The van der Waals surface area contributed by atoms with Crippen molar-refractivity contribution in [3.8, 4) is 0 Å². The molecule has 0 radical (unpaired) electrons. The van der Waals surface area contributed by atoms with E-state index in [-0.39, 0.29) is 27.6 Å². The van der Waals surface area contributed by atoms with Gasteiger partial charge in [0.25, 0.3) is 5.91 Å². The molecule has 42 heavy (non-hydrogen) atoms. The van der Waals surface area contributed by atoms with Crippen LogP contribution in [-0.4, -0.2) is 39.5 Å². The van der Waals surface area contributed by atoms with Crippen LogP contribution in [0, 0.1) is 24.5 Å². The molecule has 1 aliphatic carbocycles. The van der Waals surface area contributed by atoms with E-state index in [0.29, 0.717) is 0 Å². The number of rotatable bonds is 5. The van der Waals surface area contributed by atoms with Gasteiger partial charge in [0.1, 0.15) is 15.5 Å². The van der Waals surface area contributed by atoms with E-state index in [9.17, 15) is 19.2 Å². The summed E-state index contributed by atoms with van der Waals surface area (Å²) in [6, 6.07) is 4.77. The average molecular weight is 649 g/mol. The molecule has 0 aromatic heterocycles. The highest BCUT2D eigenvalue weighted by molar-refractivity contribution is 6.52. The molecule has 14 heteroatoms. The summed E-state index contributed by atoms with van der Waals surface area (Å²) in [7, 11) is 0. The van der Waals surface area contributed by atoms with Crippen molar-refractivity contribution in [1.82, 2.24) is 0 Å². The van der Waals surface area contributed by atoms with Gasteiger partial charge in [-0.3, -0.25) is 9.59 Å². The maximum absolute atomic E-state index is 15.4. The molecule has 0 aliphatic heterocycles. The zero-order chi connectivity index (χ0) is 31.9. The molecule has 2 N–H and O–H groups in total. The molecule has 1 aliphatic rings. The Hall–Kier alpha value is -3.15. The van der Waals surface area contributed by atoms with Crippen molar-refractivity contribution in [2.24, 2.45) is 5.92 Å². The average Bonchev–Trinajstić information content (AvgIpc) is 3.47. The molecule has 1 fully saturated rings. The van der Waals surface area contributed by atoms with E-state index in [1.54, 1.807) is 0 Å². The van der Waals surface area contributed by atoms with E-state index in [1.807, 2.05) is 0 Å². The summed E-state index contributed by atoms with van der Waals surface area (Å²) >= 11 is 18.1. The van der Waals surface area contributed by atoms with Crippen LogP contribution >= 0.6 is 34.8 Å². The van der Waals surface area contributed by atoms with E-state index in [2.05, 4.69) is 10.6 Å². The van der Waals surface area contributed by atoms with Gasteiger partial charge in [0.2, 0.25) is 5.91 Å². The SMILES string of the molecule is Cc1c(F)c(NC(=O)c2cc(NC(=O)C3CC3(Cl)Cl)ccc2Cl)cc(N(C(=O)OC(C)(C)C)C(=O)OC(C)(C)C)c1F. The zero-order valence-electron chi connectivity index (χ0n) is 23.9. The molecule has 1 atom stereocenters. The fourth-order valence-corrected chi connectivity index (χ4v) is 4.30. The van der Waals surface area contributed by atoms with Crippen molar-refractivity contribution >= 4 is 75.9 Å². The number of amides is 4. The minimum absolute atomic E-state index is 0.0513. The number of nitrogens with one attached hydrogen (secondary N) is 2. The van der Waals surface area contributed by atoms with Gasteiger partial charge in [-0.15, -0.1) is 23.2 Å². The molecule has 1 saturated carbocycles. The Kier molecular flexibility index (Phi) is 9.41. The molecule has 228 valence electrons. The molecule has 0 bridgehead atoms. The predicted molar refractivity (Wildman–Crippen MR) is 157 cm³/mol. The smallest absolute Gasteiger partial charge is 0.424 e. The minimum Gasteiger partial charge on any atom is -0.443 e. The van der Waals surface area contributed by atoms with Gasteiger partial charge in [-0.2, -0.15) is 4.90 Å². The number of nitrogens with zero attached hydrogens (tertiary/aromatic N) is 1. The lowest BCUT2D eigenvalue weighted by atomic mass is 10.1. The van der Waals surface area contributed by atoms with Crippen LogP contribution in [0.15, 0.2) is 24.3 Å². The van der Waals surface area contributed by atoms with Crippen molar-refractivity contribution < 1.29 is 37.4 Å². The van der Waals surface area contributed by atoms with Crippen molar-refractivity contribution in [2.75, 3.05) is 15.5 Å². The van der Waals surface area contributed by atoms with Crippen LogP contribution in [0.5, 0.6) is 0 Å². The molecule has 2 aromatic rings. The molecular weight excluding hydrogens is 619 g/mol. The first-order chi connectivity index (χ1) is 19.1. The first-order valence-electron chi connectivity index (χ1n) is 12.7.